The molecule has 2 aliphatic rings. The van der Waals surface area contributed by atoms with Gasteiger partial charge in [0.1, 0.15) is 11.5 Å². The van der Waals surface area contributed by atoms with Crippen molar-refractivity contribution in [3.05, 3.63) is 99.2 Å². The van der Waals surface area contributed by atoms with Crippen LogP contribution in [0.1, 0.15) is 39.5 Å². The van der Waals surface area contributed by atoms with Gasteiger partial charge in [0, 0.05) is 43.4 Å². The number of rotatable bonds is 4. The van der Waals surface area contributed by atoms with Crippen molar-refractivity contribution in [2.75, 3.05) is 18.4 Å². The maximum atomic E-state index is 13.2. The lowest BCUT2D eigenvalue weighted by Crippen LogP contribution is -2.47. The van der Waals surface area contributed by atoms with Crippen molar-refractivity contribution in [3.63, 3.8) is 0 Å². The lowest BCUT2D eigenvalue weighted by Gasteiger charge is -2.43. The van der Waals surface area contributed by atoms with Gasteiger partial charge in [-0.25, -0.2) is 4.39 Å². The van der Waals surface area contributed by atoms with Crippen LogP contribution in [0.2, 0.25) is 0 Å². The Labute approximate surface area is 190 Å². The van der Waals surface area contributed by atoms with Crippen LogP contribution in [0.4, 0.5) is 10.1 Å². The second-order valence-electron chi connectivity index (χ2n) is 8.85. The van der Waals surface area contributed by atoms with Crippen LogP contribution < -0.4 is 10.9 Å². The van der Waals surface area contributed by atoms with Crippen molar-refractivity contribution in [1.82, 2.24) is 9.47 Å². The molecule has 6 nitrogen and oxygen atoms in total. The minimum Gasteiger partial charge on any atom is -0.317 e. The zero-order valence-corrected chi connectivity index (χ0v) is 18.0. The minimum atomic E-state index is -0.376. The van der Waals surface area contributed by atoms with Crippen LogP contribution in [0.25, 0.3) is 0 Å². The standard InChI is InChI=1S/C26H23FN4O2/c27-22-7-3-18(4-8-22)13-30-14-19-11-21(16-30)24-10-9-23(26(33)31(24)15-19)29-25(32)20-5-1-17(12-28)2-6-20/h1-10,19,21H,11,13-16H2,(H,29,32)/t19-,21+/m0/s1. The molecule has 2 aromatic carbocycles. The third-order valence-electron chi connectivity index (χ3n) is 6.52. The minimum absolute atomic E-state index is 0.184. The summed E-state index contributed by atoms with van der Waals surface area (Å²) in [6.07, 6.45) is 1.04. The maximum absolute atomic E-state index is 13.2. The number of hydrogen-bond donors (Lipinski definition) is 1. The van der Waals surface area contributed by atoms with E-state index in [1.165, 1.54) is 12.1 Å². The maximum Gasteiger partial charge on any atom is 0.274 e. The summed E-state index contributed by atoms with van der Waals surface area (Å²) in [7, 11) is 0. The Hall–Kier alpha value is -3.76. The molecule has 0 aliphatic carbocycles. The number of hydrogen-bond acceptors (Lipinski definition) is 4. The molecule has 1 saturated heterocycles. The summed E-state index contributed by atoms with van der Waals surface area (Å²) in [5.41, 5.74) is 3.02. The molecule has 33 heavy (non-hydrogen) atoms. The van der Waals surface area contributed by atoms with Gasteiger partial charge < -0.3 is 9.88 Å². The molecule has 1 fully saturated rings. The summed E-state index contributed by atoms with van der Waals surface area (Å²) >= 11 is 0. The predicted molar refractivity (Wildman–Crippen MR) is 122 cm³/mol. The van der Waals surface area contributed by atoms with Gasteiger partial charge in [-0.3, -0.25) is 14.5 Å². The molecule has 2 atom stereocenters. The SMILES string of the molecule is N#Cc1ccc(C(=O)Nc2ccc3n(c2=O)C[C@H]2C[C@@H]3CN(Cc3ccc(F)cc3)C2)cc1. The molecule has 2 aliphatic heterocycles. The molecule has 1 N–H and O–H groups in total. The Kier molecular flexibility index (Phi) is 5.53. The van der Waals surface area contributed by atoms with Crippen LogP contribution in [0.15, 0.2) is 65.5 Å². The van der Waals surface area contributed by atoms with Gasteiger partial charge in [-0.05, 0) is 66.4 Å². The molecular formula is C26H23FN4O2. The molecule has 1 amide bonds. The van der Waals surface area contributed by atoms with Crippen LogP contribution in [-0.4, -0.2) is 28.5 Å². The zero-order valence-electron chi connectivity index (χ0n) is 18.0. The highest BCUT2D eigenvalue weighted by atomic mass is 19.1. The number of aromatic nitrogens is 1. The predicted octanol–water partition coefficient (Wildman–Crippen LogP) is 3.73. The number of carbonyl (C=O) groups is 1. The fourth-order valence-corrected chi connectivity index (χ4v) is 5.01. The Morgan fingerprint density at radius 3 is 2.52 bits per heavy atom. The summed E-state index contributed by atoms with van der Waals surface area (Å²) in [6, 6.07) is 18.6. The first-order chi connectivity index (χ1) is 16.0. The number of nitrogens with one attached hydrogen (secondary N) is 1. The fraction of sp³-hybridized carbons (Fsp3) is 0.269. The Bertz CT molecular complexity index is 1290. The molecule has 5 rings (SSSR count). The highest BCUT2D eigenvalue weighted by Crippen LogP contribution is 2.36. The van der Waals surface area contributed by atoms with Crippen molar-refractivity contribution in [2.24, 2.45) is 5.92 Å². The molecular weight excluding hydrogens is 419 g/mol. The molecule has 0 radical (unpaired) electrons. The third-order valence-corrected chi connectivity index (χ3v) is 6.52. The van der Waals surface area contributed by atoms with Crippen LogP contribution in [-0.2, 0) is 13.1 Å². The Morgan fingerprint density at radius 1 is 1.03 bits per heavy atom. The summed E-state index contributed by atoms with van der Waals surface area (Å²) < 4.78 is 15.0. The first kappa shape index (κ1) is 21.1. The molecule has 3 aromatic rings. The van der Waals surface area contributed by atoms with E-state index in [1.807, 2.05) is 28.8 Å². The van der Waals surface area contributed by atoms with Gasteiger partial charge in [-0.2, -0.15) is 5.26 Å². The van der Waals surface area contributed by atoms with E-state index in [9.17, 15) is 14.0 Å². The van der Waals surface area contributed by atoms with Crippen LogP contribution in [0.3, 0.4) is 0 Å². The van der Waals surface area contributed by atoms with Gasteiger partial charge in [-0.1, -0.05) is 12.1 Å². The normalized spacial score (nSPS) is 19.4. The van der Waals surface area contributed by atoms with Gasteiger partial charge in [0.2, 0.25) is 0 Å². The summed E-state index contributed by atoms with van der Waals surface area (Å²) in [6.45, 7) is 3.09. The summed E-state index contributed by atoms with van der Waals surface area (Å²) in [5.74, 6) is -0.0175. The average molecular weight is 442 g/mol. The van der Waals surface area contributed by atoms with Crippen molar-refractivity contribution in [3.8, 4) is 6.07 Å². The van der Waals surface area contributed by atoms with E-state index < -0.39 is 0 Å². The van der Waals surface area contributed by atoms with Crippen LogP contribution >= 0.6 is 0 Å². The molecule has 0 unspecified atom stereocenters. The Balaban J connectivity index is 1.33. The van der Waals surface area contributed by atoms with Gasteiger partial charge in [0.15, 0.2) is 0 Å². The van der Waals surface area contributed by atoms with Crippen LogP contribution in [0, 0.1) is 23.1 Å². The zero-order chi connectivity index (χ0) is 22.9. The molecule has 2 bridgehead atoms. The van der Waals surface area contributed by atoms with Crippen molar-refractivity contribution < 1.29 is 9.18 Å². The highest BCUT2D eigenvalue weighted by Gasteiger charge is 2.35. The molecule has 166 valence electrons. The number of fused-ring (bicyclic) bond motifs is 4. The molecule has 7 heteroatoms. The second kappa shape index (κ2) is 8.64. The lowest BCUT2D eigenvalue weighted by molar-refractivity contribution is 0.102. The number of piperidine rings is 1. The topological polar surface area (TPSA) is 78.1 Å². The quantitative estimate of drug-likeness (QED) is 0.668. The van der Waals surface area contributed by atoms with Gasteiger partial charge in [0.25, 0.3) is 11.5 Å². The Morgan fingerprint density at radius 2 is 1.79 bits per heavy atom. The average Bonchev–Trinajstić information content (AvgIpc) is 2.82. The van der Waals surface area contributed by atoms with E-state index in [4.69, 9.17) is 5.26 Å². The number of nitrogens with zero attached hydrogens (tertiary/aromatic N) is 3. The van der Waals surface area contributed by atoms with E-state index >= 15 is 0 Å². The number of benzene rings is 2. The number of amides is 1. The summed E-state index contributed by atoms with van der Waals surface area (Å²) in [4.78, 5) is 28.1. The summed E-state index contributed by atoms with van der Waals surface area (Å²) in [5, 5.41) is 11.6. The van der Waals surface area contributed by atoms with E-state index in [2.05, 4.69) is 10.2 Å². The molecule has 1 aromatic heterocycles. The molecule has 3 heterocycles. The largest absolute Gasteiger partial charge is 0.317 e. The number of carbonyl (C=O) groups excluding carboxylic acids is 1. The lowest BCUT2D eigenvalue weighted by atomic mass is 9.83. The van der Waals surface area contributed by atoms with E-state index in [1.54, 1.807) is 30.3 Å². The number of nitriles is 1. The third kappa shape index (κ3) is 4.30. The monoisotopic (exact) mass is 442 g/mol. The number of likely N-dealkylation sites (tertiary alicyclic amines) is 1. The number of anilines is 1. The highest BCUT2D eigenvalue weighted by molar-refractivity contribution is 6.04. The van der Waals surface area contributed by atoms with E-state index in [0.717, 1.165) is 37.3 Å². The van der Waals surface area contributed by atoms with Crippen molar-refractivity contribution >= 4 is 11.6 Å². The molecule has 0 saturated carbocycles. The van der Waals surface area contributed by atoms with Crippen LogP contribution in [0.5, 0.6) is 0 Å². The van der Waals surface area contributed by atoms with Gasteiger partial charge in [-0.15, -0.1) is 0 Å². The number of halogens is 1. The first-order valence-electron chi connectivity index (χ1n) is 11.0. The van der Waals surface area contributed by atoms with Gasteiger partial charge in [0.05, 0.1) is 11.6 Å². The van der Waals surface area contributed by atoms with Gasteiger partial charge >= 0.3 is 0 Å². The fourth-order valence-electron chi connectivity index (χ4n) is 5.01. The van der Waals surface area contributed by atoms with E-state index in [-0.39, 0.29) is 28.9 Å². The van der Waals surface area contributed by atoms with E-state index in [0.29, 0.717) is 23.6 Å². The number of pyridine rings is 1. The molecule has 0 spiro atoms. The smallest absolute Gasteiger partial charge is 0.274 e. The van der Waals surface area contributed by atoms with Crippen molar-refractivity contribution in [2.45, 2.75) is 25.4 Å². The van der Waals surface area contributed by atoms with Crippen molar-refractivity contribution in [1.29, 1.82) is 5.26 Å². The first-order valence-corrected chi connectivity index (χ1v) is 11.0. The second-order valence-corrected chi connectivity index (χ2v) is 8.85.